The molecule has 0 radical (unpaired) electrons. The van der Waals surface area contributed by atoms with Crippen molar-refractivity contribution in [3.63, 3.8) is 0 Å². The van der Waals surface area contributed by atoms with Crippen LogP contribution in [0.2, 0.25) is 0 Å². The van der Waals surface area contributed by atoms with Gasteiger partial charge in [0, 0.05) is 23.8 Å². The first-order valence-electron chi connectivity index (χ1n) is 7.67. The van der Waals surface area contributed by atoms with Crippen molar-refractivity contribution in [1.29, 1.82) is 0 Å². The van der Waals surface area contributed by atoms with E-state index in [1.165, 1.54) is 51.6 Å². The fourth-order valence-corrected chi connectivity index (χ4v) is 4.61. The van der Waals surface area contributed by atoms with Gasteiger partial charge in [0.05, 0.1) is 0 Å². The van der Waals surface area contributed by atoms with E-state index >= 15 is 0 Å². The third-order valence-electron chi connectivity index (χ3n) is 5.00. The van der Waals surface area contributed by atoms with Crippen LogP contribution in [0.3, 0.4) is 0 Å². The van der Waals surface area contributed by atoms with Gasteiger partial charge in [-0.05, 0) is 36.6 Å². The molecule has 2 heteroatoms. The van der Waals surface area contributed by atoms with Gasteiger partial charge in [-0.2, -0.15) is 11.8 Å². The molecule has 0 aliphatic heterocycles. The number of thioether (sulfide) groups is 1. The Bertz CT molecular complexity index is 423. The zero-order chi connectivity index (χ0) is 13.1. The van der Waals surface area contributed by atoms with E-state index in [1.54, 1.807) is 11.1 Å². The summed E-state index contributed by atoms with van der Waals surface area (Å²) in [6, 6.07) is 8.91. The van der Waals surface area contributed by atoms with Gasteiger partial charge in [0.25, 0.3) is 0 Å². The lowest BCUT2D eigenvalue weighted by atomic mass is 9.77. The quantitative estimate of drug-likeness (QED) is 0.872. The molecule has 1 atom stereocenters. The number of nitrogens with one attached hydrogen (secondary N) is 1. The van der Waals surface area contributed by atoms with Crippen LogP contribution in [0.1, 0.15) is 49.1 Å². The Morgan fingerprint density at radius 3 is 2.74 bits per heavy atom. The summed E-state index contributed by atoms with van der Waals surface area (Å²) in [5.41, 5.74) is 3.14. The Morgan fingerprint density at radius 1 is 1.21 bits per heavy atom. The lowest BCUT2D eigenvalue weighted by Crippen LogP contribution is -2.41. The lowest BCUT2D eigenvalue weighted by Gasteiger charge is -2.37. The second-order valence-corrected chi connectivity index (χ2v) is 7.45. The fourth-order valence-electron chi connectivity index (χ4n) is 3.67. The number of hydrogen-bond donors (Lipinski definition) is 1. The predicted octanol–water partition coefficient (Wildman–Crippen LogP) is 3.98. The lowest BCUT2D eigenvalue weighted by molar-refractivity contribution is 0.373. The maximum Gasteiger partial charge on any atom is 0.0281 e. The average Bonchev–Trinajstić information content (AvgIpc) is 2.45. The molecular weight excluding hydrogens is 250 g/mol. The van der Waals surface area contributed by atoms with Crippen LogP contribution in [0.5, 0.6) is 0 Å². The van der Waals surface area contributed by atoms with Crippen molar-refractivity contribution in [2.75, 3.05) is 19.3 Å². The molecule has 1 N–H and O–H groups in total. The molecule has 19 heavy (non-hydrogen) atoms. The first kappa shape index (κ1) is 13.5. The monoisotopic (exact) mass is 275 g/mol. The van der Waals surface area contributed by atoms with E-state index in [0.29, 0.717) is 4.75 Å². The van der Waals surface area contributed by atoms with Crippen molar-refractivity contribution in [3.05, 3.63) is 35.4 Å². The second-order valence-electron chi connectivity index (χ2n) is 6.18. The van der Waals surface area contributed by atoms with Crippen molar-refractivity contribution < 1.29 is 0 Å². The molecule has 0 bridgehead atoms. The molecule has 1 saturated carbocycles. The van der Waals surface area contributed by atoms with Crippen molar-refractivity contribution in [2.24, 2.45) is 0 Å². The molecule has 0 aromatic heterocycles. The smallest absolute Gasteiger partial charge is 0.0281 e. The molecule has 2 aliphatic rings. The predicted molar refractivity (Wildman–Crippen MR) is 85.1 cm³/mol. The van der Waals surface area contributed by atoms with E-state index in [2.05, 4.69) is 47.6 Å². The first-order chi connectivity index (χ1) is 9.33. The van der Waals surface area contributed by atoms with Crippen molar-refractivity contribution in [2.45, 2.75) is 49.2 Å². The van der Waals surface area contributed by atoms with E-state index in [9.17, 15) is 0 Å². The van der Waals surface area contributed by atoms with Crippen LogP contribution in [-0.4, -0.2) is 24.1 Å². The number of fused-ring (bicyclic) bond motifs is 1. The van der Waals surface area contributed by atoms with Gasteiger partial charge in [0.2, 0.25) is 0 Å². The molecule has 3 rings (SSSR count). The molecule has 1 fully saturated rings. The minimum atomic E-state index is 0.529. The van der Waals surface area contributed by atoms with Gasteiger partial charge in [0.15, 0.2) is 0 Å². The number of hydrogen-bond acceptors (Lipinski definition) is 2. The van der Waals surface area contributed by atoms with Crippen LogP contribution < -0.4 is 5.32 Å². The van der Waals surface area contributed by atoms with Gasteiger partial charge < -0.3 is 5.32 Å². The summed E-state index contributed by atoms with van der Waals surface area (Å²) < 4.78 is 0.529. The van der Waals surface area contributed by atoms with Gasteiger partial charge in [-0.25, -0.2) is 0 Å². The molecule has 104 valence electrons. The Labute approximate surface area is 121 Å². The first-order valence-corrected chi connectivity index (χ1v) is 8.89. The Kier molecular flexibility index (Phi) is 4.18. The Balaban J connectivity index is 1.49. The van der Waals surface area contributed by atoms with Crippen molar-refractivity contribution in [3.8, 4) is 0 Å². The third-order valence-corrected chi connectivity index (χ3v) is 6.42. The normalized spacial score (nSPS) is 24.6. The molecule has 0 amide bonds. The standard InChI is InChI=1S/C17H25NS/c1-19-17(9-5-2-6-10-17)13-18-12-15-11-14-7-3-4-8-16(14)15/h3-4,7-8,15,18H,2,5-6,9-13H2,1H3. The summed E-state index contributed by atoms with van der Waals surface area (Å²) in [7, 11) is 0. The summed E-state index contributed by atoms with van der Waals surface area (Å²) in [6.07, 6.45) is 10.7. The molecule has 1 unspecified atom stereocenters. The van der Waals surface area contributed by atoms with E-state index in [0.717, 1.165) is 5.92 Å². The largest absolute Gasteiger partial charge is 0.315 e. The topological polar surface area (TPSA) is 12.0 Å². The molecule has 1 aromatic rings. The Hall–Kier alpha value is -0.470. The second kappa shape index (κ2) is 5.88. The Morgan fingerprint density at radius 2 is 2.00 bits per heavy atom. The van der Waals surface area contributed by atoms with Gasteiger partial charge in [-0.1, -0.05) is 43.5 Å². The number of rotatable bonds is 5. The van der Waals surface area contributed by atoms with Crippen molar-refractivity contribution in [1.82, 2.24) is 5.32 Å². The van der Waals surface area contributed by atoms with Crippen LogP contribution in [0, 0.1) is 0 Å². The molecule has 2 aliphatic carbocycles. The van der Waals surface area contributed by atoms with Gasteiger partial charge >= 0.3 is 0 Å². The van der Waals surface area contributed by atoms with E-state index in [4.69, 9.17) is 0 Å². The maximum absolute atomic E-state index is 3.77. The van der Waals surface area contributed by atoms with Crippen LogP contribution >= 0.6 is 11.8 Å². The zero-order valence-corrected chi connectivity index (χ0v) is 12.8. The minimum Gasteiger partial charge on any atom is -0.315 e. The fraction of sp³-hybridized carbons (Fsp3) is 0.647. The summed E-state index contributed by atoms with van der Waals surface area (Å²) in [6.45, 7) is 2.37. The minimum absolute atomic E-state index is 0.529. The zero-order valence-electron chi connectivity index (χ0n) is 12.0. The molecule has 0 heterocycles. The highest BCUT2D eigenvalue weighted by atomic mass is 32.2. The van der Waals surface area contributed by atoms with E-state index in [-0.39, 0.29) is 0 Å². The van der Waals surface area contributed by atoms with Crippen LogP contribution in [0.25, 0.3) is 0 Å². The summed E-state index contributed by atoms with van der Waals surface area (Å²) in [4.78, 5) is 0. The van der Waals surface area contributed by atoms with Crippen LogP contribution in [-0.2, 0) is 6.42 Å². The summed E-state index contributed by atoms with van der Waals surface area (Å²) in [5.74, 6) is 0.763. The highest BCUT2D eigenvalue weighted by Crippen LogP contribution is 2.38. The third kappa shape index (κ3) is 2.85. The van der Waals surface area contributed by atoms with E-state index in [1.807, 2.05) is 0 Å². The molecule has 0 saturated heterocycles. The van der Waals surface area contributed by atoms with Gasteiger partial charge in [0.1, 0.15) is 0 Å². The maximum atomic E-state index is 3.77. The SMILES string of the molecule is CSC1(CNCC2Cc3ccccc32)CCCCC1. The molecule has 1 nitrogen and oxygen atoms in total. The van der Waals surface area contributed by atoms with Crippen molar-refractivity contribution >= 4 is 11.8 Å². The number of benzene rings is 1. The highest BCUT2D eigenvalue weighted by Gasteiger charge is 2.31. The van der Waals surface area contributed by atoms with Gasteiger partial charge in [-0.15, -0.1) is 0 Å². The summed E-state index contributed by atoms with van der Waals surface area (Å²) in [5, 5.41) is 3.77. The van der Waals surface area contributed by atoms with Gasteiger partial charge in [-0.3, -0.25) is 0 Å². The average molecular weight is 275 g/mol. The molecule has 1 aromatic carbocycles. The molecular formula is C17H25NS. The van der Waals surface area contributed by atoms with Crippen LogP contribution in [0.4, 0.5) is 0 Å². The highest BCUT2D eigenvalue weighted by molar-refractivity contribution is 8.00. The van der Waals surface area contributed by atoms with Crippen LogP contribution in [0.15, 0.2) is 24.3 Å². The summed E-state index contributed by atoms with van der Waals surface area (Å²) >= 11 is 2.09. The molecule has 0 spiro atoms. The van der Waals surface area contributed by atoms with E-state index < -0.39 is 0 Å².